The second-order valence-corrected chi connectivity index (χ2v) is 7.58. The molecule has 0 saturated heterocycles. The highest BCUT2D eigenvalue weighted by molar-refractivity contribution is 6.02. The predicted octanol–water partition coefficient (Wildman–Crippen LogP) is 4.44. The minimum absolute atomic E-state index is 0.00736. The number of nitrogens with one attached hydrogen (secondary N) is 1. The van der Waals surface area contributed by atoms with Gasteiger partial charge in [-0.3, -0.25) is 4.79 Å². The minimum Gasteiger partial charge on any atom is -0.506 e. The molecule has 0 saturated carbocycles. The molecule has 2 N–H and O–H groups in total. The van der Waals surface area contributed by atoms with Crippen LogP contribution in [-0.2, 0) is 5.60 Å². The van der Waals surface area contributed by atoms with Gasteiger partial charge < -0.3 is 15.2 Å². The Morgan fingerprint density at radius 3 is 2.52 bits per heavy atom. The summed E-state index contributed by atoms with van der Waals surface area (Å²) < 4.78 is 6.17. The zero-order chi connectivity index (χ0) is 18.5. The summed E-state index contributed by atoms with van der Waals surface area (Å²) >= 11 is 0. The van der Waals surface area contributed by atoms with Gasteiger partial charge in [0.2, 0.25) is 0 Å². The van der Waals surface area contributed by atoms with Crippen molar-refractivity contribution in [3.8, 4) is 22.6 Å². The van der Waals surface area contributed by atoms with Crippen LogP contribution in [0.25, 0.3) is 11.1 Å². The van der Waals surface area contributed by atoms with Crippen molar-refractivity contribution in [3.63, 3.8) is 0 Å². The molecule has 1 amide bonds. The van der Waals surface area contributed by atoms with E-state index in [1.54, 1.807) is 0 Å². The van der Waals surface area contributed by atoms with Crippen molar-refractivity contribution >= 4 is 5.91 Å². The zero-order valence-corrected chi connectivity index (χ0v) is 15.7. The largest absolute Gasteiger partial charge is 0.506 e. The Hall–Kier alpha value is -2.49. The van der Waals surface area contributed by atoms with Gasteiger partial charge in [-0.25, -0.2) is 0 Å². The van der Waals surface area contributed by atoms with Crippen LogP contribution in [0.5, 0.6) is 11.5 Å². The van der Waals surface area contributed by atoms with Crippen molar-refractivity contribution in [1.82, 2.24) is 5.32 Å². The summed E-state index contributed by atoms with van der Waals surface area (Å²) in [6.45, 7) is 11.6. The van der Waals surface area contributed by atoms with Crippen LogP contribution in [0.2, 0.25) is 0 Å². The fourth-order valence-electron chi connectivity index (χ4n) is 3.45. The summed E-state index contributed by atoms with van der Waals surface area (Å²) in [4.78, 5) is 12.6. The average Bonchev–Trinajstić information content (AvgIpc) is 2.44. The summed E-state index contributed by atoms with van der Waals surface area (Å²) in [5.41, 5.74) is 4.11. The van der Waals surface area contributed by atoms with Gasteiger partial charge >= 0.3 is 0 Å². The van der Waals surface area contributed by atoms with Crippen molar-refractivity contribution in [2.45, 2.75) is 53.2 Å². The van der Waals surface area contributed by atoms with E-state index in [9.17, 15) is 9.90 Å². The Morgan fingerprint density at radius 2 is 1.88 bits per heavy atom. The summed E-state index contributed by atoms with van der Waals surface area (Å²) in [5, 5.41) is 13.8. The predicted molar refractivity (Wildman–Crippen MR) is 99.3 cm³/mol. The Kier molecular flexibility index (Phi) is 4.02. The Labute approximate surface area is 148 Å². The molecule has 4 nitrogen and oxygen atoms in total. The van der Waals surface area contributed by atoms with Crippen LogP contribution in [0.3, 0.4) is 0 Å². The number of amides is 1. The number of fused-ring (bicyclic) bond motifs is 3. The normalized spacial score (nSPS) is 14.5. The second kappa shape index (κ2) is 5.80. The van der Waals surface area contributed by atoms with E-state index in [1.165, 1.54) is 0 Å². The molecule has 1 heterocycles. The van der Waals surface area contributed by atoms with Crippen LogP contribution in [0.4, 0.5) is 0 Å². The molecule has 2 aromatic carbocycles. The molecule has 0 radical (unpaired) electrons. The lowest BCUT2D eigenvalue weighted by molar-refractivity contribution is 0.0938. The van der Waals surface area contributed by atoms with Gasteiger partial charge in [0.15, 0.2) is 0 Å². The number of benzene rings is 2. The number of aryl methyl sites for hydroxylation is 2. The van der Waals surface area contributed by atoms with Gasteiger partial charge in [-0.15, -0.1) is 0 Å². The second-order valence-electron chi connectivity index (χ2n) is 7.58. The number of phenolic OH excluding ortho intramolecular Hbond substituents is 1. The first kappa shape index (κ1) is 17.3. The van der Waals surface area contributed by atoms with Crippen molar-refractivity contribution < 1.29 is 14.6 Å². The van der Waals surface area contributed by atoms with E-state index < -0.39 is 5.60 Å². The van der Waals surface area contributed by atoms with Gasteiger partial charge in [0, 0.05) is 11.6 Å². The number of hydrogen-bond donors (Lipinski definition) is 2. The van der Waals surface area contributed by atoms with E-state index >= 15 is 0 Å². The molecule has 0 aliphatic carbocycles. The highest BCUT2D eigenvalue weighted by atomic mass is 16.5. The number of ether oxygens (including phenoxy) is 1. The third-order valence-corrected chi connectivity index (χ3v) is 4.57. The maximum Gasteiger partial charge on any atom is 0.255 e. The number of phenols is 1. The minimum atomic E-state index is -0.503. The van der Waals surface area contributed by atoms with E-state index in [-0.39, 0.29) is 17.7 Å². The average molecular weight is 339 g/mol. The molecule has 1 aliphatic heterocycles. The van der Waals surface area contributed by atoms with Crippen molar-refractivity contribution in [2.24, 2.45) is 0 Å². The maximum atomic E-state index is 12.6. The van der Waals surface area contributed by atoms with Crippen LogP contribution in [-0.4, -0.2) is 17.1 Å². The quantitative estimate of drug-likeness (QED) is 0.850. The number of carbonyl (C=O) groups is 1. The molecule has 132 valence electrons. The summed E-state index contributed by atoms with van der Waals surface area (Å²) in [7, 11) is 0. The summed E-state index contributed by atoms with van der Waals surface area (Å²) in [6, 6.07) is 7.94. The molecule has 0 spiro atoms. The van der Waals surface area contributed by atoms with E-state index in [2.05, 4.69) is 5.32 Å². The molecule has 0 fully saturated rings. The van der Waals surface area contributed by atoms with Gasteiger partial charge in [-0.05, 0) is 58.7 Å². The molecule has 1 aliphatic rings. The lowest BCUT2D eigenvalue weighted by atomic mass is 9.83. The molecule has 0 atom stereocenters. The monoisotopic (exact) mass is 339 g/mol. The van der Waals surface area contributed by atoms with Crippen LogP contribution < -0.4 is 10.1 Å². The van der Waals surface area contributed by atoms with Crippen molar-refractivity contribution in [3.05, 3.63) is 46.5 Å². The molecular weight excluding hydrogens is 314 g/mol. The summed E-state index contributed by atoms with van der Waals surface area (Å²) in [6.07, 6.45) is 0. The molecular formula is C21H25NO3. The van der Waals surface area contributed by atoms with E-state index in [1.807, 2.05) is 65.8 Å². The smallest absolute Gasteiger partial charge is 0.255 e. The van der Waals surface area contributed by atoms with Gasteiger partial charge in [0.05, 0.1) is 11.1 Å². The van der Waals surface area contributed by atoms with Crippen LogP contribution in [0.15, 0.2) is 24.3 Å². The van der Waals surface area contributed by atoms with Crippen LogP contribution >= 0.6 is 0 Å². The first-order chi connectivity index (χ1) is 11.6. The topological polar surface area (TPSA) is 58.6 Å². The Bertz CT molecular complexity index is 866. The highest BCUT2D eigenvalue weighted by Gasteiger charge is 2.36. The lowest BCUT2D eigenvalue weighted by Crippen LogP contribution is -2.32. The number of aromatic hydroxyl groups is 1. The standard InChI is InChI=1S/C21H25NO3/c1-11(2)22-20(24)17-13(4)10-16-18(19(17)23)14-9-12(3)7-8-15(14)21(5,6)25-16/h7-11,23H,1-6H3,(H,22,24). The third-order valence-electron chi connectivity index (χ3n) is 4.57. The van der Waals surface area contributed by atoms with E-state index in [4.69, 9.17) is 4.74 Å². The van der Waals surface area contributed by atoms with Gasteiger partial charge in [0.25, 0.3) is 5.91 Å². The molecule has 2 aromatic rings. The van der Waals surface area contributed by atoms with Gasteiger partial charge in [0.1, 0.15) is 17.1 Å². The van der Waals surface area contributed by atoms with Gasteiger partial charge in [-0.2, -0.15) is 0 Å². The fourth-order valence-corrected chi connectivity index (χ4v) is 3.45. The van der Waals surface area contributed by atoms with Crippen LogP contribution in [0, 0.1) is 13.8 Å². The van der Waals surface area contributed by atoms with Crippen molar-refractivity contribution in [2.75, 3.05) is 0 Å². The molecule has 25 heavy (non-hydrogen) atoms. The first-order valence-electron chi connectivity index (χ1n) is 8.59. The molecule has 0 aromatic heterocycles. The Balaban J connectivity index is 2.28. The van der Waals surface area contributed by atoms with Gasteiger partial charge in [-0.1, -0.05) is 23.8 Å². The number of carbonyl (C=O) groups excluding carboxylic acids is 1. The first-order valence-corrected chi connectivity index (χ1v) is 8.59. The fraction of sp³-hybridized carbons (Fsp3) is 0.381. The van der Waals surface area contributed by atoms with Crippen molar-refractivity contribution in [1.29, 1.82) is 0 Å². The van der Waals surface area contributed by atoms with Crippen LogP contribution in [0.1, 0.15) is 54.7 Å². The zero-order valence-electron chi connectivity index (χ0n) is 15.7. The molecule has 0 unspecified atom stereocenters. The lowest BCUT2D eigenvalue weighted by Gasteiger charge is -2.36. The SMILES string of the molecule is Cc1ccc2c(c1)-c1c(cc(C)c(C(=O)NC(C)C)c1O)OC2(C)C. The number of rotatable bonds is 2. The van der Waals surface area contributed by atoms with E-state index in [0.717, 1.165) is 16.7 Å². The molecule has 3 rings (SSSR count). The number of hydrogen-bond acceptors (Lipinski definition) is 3. The highest BCUT2D eigenvalue weighted by Crippen LogP contribution is 2.51. The molecule has 0 bridgehead atoms. The maximum absolute atomic E-state index is 12.6. The molecule has 4 heteroatoms. The summed E-state index contributed by atoms with van der Waals surface area (Å²) in [5.74, 6) is 0.321. The van der Waals surface area contributed by atoms with E-state index in [0.29, 0.717) is 22.4 Å². The third kappa shape index (κ3) is 2.86. The Morgan fingerprint density at radius 1 is 1.20 bits per heavy atom.